The van der Waals surface area contributed by atoms with Crippen LogP contribution in [0.3, 0.4) is 0 Å². The average Bonchev–Trinajstić information content (AvgIpc) is 3.58. The first-order valence-corrected chi connectivity index (χ1v) is 13.0. The van der Waals surface area contributed by atoms with Crippen molar-refractivity contribution in [2.75, 3.05) is 5.43 Å². The van der Waals surface area contributed by atoms with E-state index in [4.69, 9.17) is 4.74 Å². The van der Waals surface area contributed by atoms with E-state index < -0.39 is 9.85 Å². The summed E-state index contributed by atoms with van der Waals surface area (Å²) in [5, 5.41) is 31.0. The largest absolute Gasteiger partial charge is 0.438 e. The summed E-state index contributed by atoms with van der Waals surface area (Å²) >= 11 is 0. The van der Waals surface area contributed by atoms with Crippen molar-refractivity contribution >= 4 is 34.3 Å². The normalized spacial score (nSPS) is 11.2. The lowest BCUT2D eigenvalue weighted by Crippen LogP contribution is -2.01. The second-order valence-electron chi connectivity index (χ2n) is 9.40. The molecule has 2 heterocycles. The first-order chi connectivity index (χ1) is 20.9. The third kappa shape index (κ3) is 5.63. The van der Waals surface area contributed by atoms with Gasteiger partial charge in [0.05, 0.1) is 49.7 Å². The molecule has 6 rings (SSSR count). The number of nitro benzene ring substituents is 2. The highest BCUT2D eigenvalue weighted by Gasteiger charge is 2.18. The van der Waals surface area contributed by atoms with E-state index in [1.165, 1.54) is 24.3 Å². The summed E-state index contributed by atoms with van der Waals surface area (Å²) in [5.41, 5.74) is 7.47. The molecule has 0 aliphatic heterocycles. The number of nitrogens with one attached hydrogen (secondary N) is 2. The van der Waals surface area contributed by atoms with E-state index in [0.717, 1.165) is 11.3 Å². The van der Waals surface area contributed by atoms with Gasteiger partial charge in [-0.15, -0.1) is 0 Å². The molecular formula is C30H22N8O5. The number of aromatic nitrogens is 4. The monoisotopic (exact) mass is 574 g/mol. The molecule has 0 saturated heterocycles. The van der Waals surface area contributed by atoms with Gasteiger partial charge in [0.1, 0.15) is 11.6 Å². The molecule has 6 aromatic rings. The van der Waals surface area contributed by atoms with Crippen molar-refractivity contribution < 1.29 is 14.6 Å². The lowest BCUT2D eigenvalue weighted by atomic mass is 10.2. The number of para-hydroxylation sites is 1. The number of aryl methyl sites for hydroxylation is 1. The lowest BCUT2D eigenvalue weighted by Gasteiger charge is -2.10. The minimum atomic E-state index is -0.463. The second-order valence-corrected chi connectivity index (χ2v) is 9.40. The zero-order valence-electron chi connectivity index (χ0n) is 22.5. The molecule has 0 spiro atoms. The first-order valence-electron chi connectivity index (χ1n) is 13.0. The molecule has 13 heteroatoms. The zero-order valence-corrected chi connectivity index (χ0v) is 22.5. The highest BCUT2D eigenvalue weighted by atomic mass is 16.6. The third-order valence-corrected chi connectivity index (χ3v) is 6.55. The van der Waals surface area contributed by atoms with Crippen LogP contribution in [-0.2, 0) is 0 Å². The van der Waals surface area contributed by atoms with Crippen LogP contribution in [0.15, 0.2) is 102 Å². The smallest absolute Gasteiger partial charge is 0.271 e. The predicted octanol–water partition coefficient (Wildman–Crippen LogP) is 6.78. The van der Waals surface area contributed by atoms with Crippen LogP contribution in [-0.4, -0.2) is 35.8 Å². The van der Waals surface area contributed by atoms with Gasteiger partial charge < -0.3 is 9.72 Å². The molecule has 0 atom stereocenters. The van der Waals surface area contributed by atoms with Gasteiger partial charge in [-0.2, -0.15) is 14.9 Å². The molecule has 2 aromatic heterocycles. The van der Waals surface area contributed by atoms with Crippen molar-refractivity contribution in [2.24, 2.45) is 5.10 Å². The number of imidazole rings is 1. The van der Waals surface area contributed by atoms with Crippen molar-refractivity contribution in [3.8, 4) is 28.7 Å². The number of ether oxygens (including phenoxy) is 1. The molecule has 0 saturated carbocycles. The molecule has 0 aliphatic carbocycles. The number of nitro groups is 2. The number of nitrogens with zero attached hydrogens (tertiary/aromatic N) is 6. The van der Waals surface area contributed by atoms with Gasteiger partial charge in [0, 0.05) is 29.8 Å². The van der Waals surface area contributed by atoms with Crippen LogP contribution < -0.4 is 10.2 Å². The Morgan fingerprint density at radius 1 is 0.907 bits per heavy atom. The molecule has 0 fully saturated rings. The summed E-state index contributed by atoms with van der Waals surface area (Å²) in [6, 6.07) is 27.2. The minimum absolute atomic E-state index is 0.0134. The van der Waals surface area contributed by atoms with Crippen LogP contribution >= 0.6 is 0 Å². The van der Waals surface area contributed by atoms with Gasteiger partial charge in [0.25, 0.3) is 11.4 Å². The average molecular weight is 575 g/mol. The fraction of sp³-hybridized carbons (Fsp3) is 0.0333. The van der Waals surface area contributed by atoms with Crippen LogP contribution in [0.2, 0.25) is 0 Å². The number of H-pyrrole nitrogens is 1. The molecule has 212 valence electrons. The Bertz CT molecular complexity index is 1980. The van der Waals surface area contributed by atoms with Crippen LogP contribution in [0.5, 0.6) is 11.6 Å². The van der Waals surface area contributed by atoms with E-state index in [1.807, 2.05) is 49.4 Å². The summed E-state index contributed by atoms with van der Waals surface area (Å²) in [5.74, 6) is 1.53. The Kier molecular flexibility index (Phi) is 7.02. The van der Waals surface area contributed by atoms with E-state index in [0.29, 0.717) is 45.4 Å². The molecule has 43 heavy (non-hydrogen) atoms. The summed E-state index contributed by atoms with van der Waals surface area (Å²) in [6.07, 6.45) is 1.58. The highest BCUT2D eigenvalue weighted by Crippen LogP contribution is 2.31. The molecule has 0 unspecified atom stereocenters. The van der Waals surface area contributed by atoms with E-state index in [-0.39, 0.29) is 11.4 Å². The summed E-state index contributed by atoms with van der Waals surface area (Å²) in [4.78, 5) is 28.8. The summed E-state index contributed by atoms with van der Waals surface area (Å²) in [7, 11) is 0. The van der Waals surface area contributed by atoms with Gasteiger partial charge in [0.15, 0.2) is 0 Å². The molecular weight excluding hydrogens is 552 g/mol. The van der Waals surface area contributed by atoms with Crippen molar-refractivity contribution in [3.63, 3.8) is 0 Å². The fourth-order valence-electron chi connectivity index (χ4n) is 4.38. The third-order valence-electron chi connectivity index (χ3n) is 6.55. The van der Waals surface area contributed by atoms with Crippen LogP contribution in [0.1, 0.15) is 11.3 Å². The number of hydrogen-bond donors (Lipinski definition) is 2. The molecule has 0 amide bonds. The Morgan fingerprint density at radius 3 is 2.30 bits per heavy atom. The van der Waals surface area contributed by atoms with Gasteiger partial charge >= 0.3 is 0 Å². The Labute approximate surface area is 243 Å². The number of hydrogen-bond acceptors (Lipinski definition) is 9. The Morgan fingerprint density at radius 2 is 1.60 bits per heavy atom. The molecule has 4 aromatic carbocycles. The van der Waals surface area contributed by atoms with E-state index in [9.17, 15) is 20.2 Å². The molecule has 0 aliphatic rings. The van der Waals surface area contributed by atoms with Gasteiger partial charge in [-0.05, 0) is 61.5 Å². The quantitative estimate of drug-likeness (QED) is 0.108. The molecule has 2 N–H and O–H groups in total. The number of aromatic amines is 1. The maximum absolute atomic E-state index is 11.1. The fourth-order valence-corrected chi connectivity index (χ4v) is 4.38. The standard InChI is InChI=1S/C30H22N8O5/c1-19-26(18-31-34-21-9-11-23(12-10-21)37(39)40)30(36(35-19)22-5-3-2-4-6-22)43-25-14-7-20(8-15-25)29-32-27-16-13-24(38(41)42)17-28(27)33-29/h2-18,34H,1H3,(H,32,33)/b31-18+. The Balaban J connectivity index is 1.28. The van der Waals surface area contributed by atoms with Gasteiger partial charge in [-0.25, -0.2) is 4.98 Å². The number of anilines is 1. The summed E-state index contributed by atoms with van der Waals surface area (Å²) in [6.45, 7) is 1.84. The predicted molar refractivity (Wildman–Crippen MR) is 161 cm³/mol. The summed E-state index contributed by atoms with van der Waals surface area (Å²) < 4.78 is 8.04. The van der Waals surface area contributed by atoms with Crippen molar-refractivity contribution in [1.29, 1.82) is 0 Å². The van der Waals surface area contributed by atoms with E-state index in [2.05, 4.69) is 25.6 Å². The van der Waals surface area contributed by atoms with Crippen LogP contribution in [0, 0.1) is 27.2 Å². The second kappa shape index (κ2) is 11.2. The molecule has 0 bridgehead atoms. The van der Waals surface area contributed by atoms with Crippen molar-refractivity contribution in [2.45, 2.75) is 6.92 Å². The maximum atomic E-state index is 11.1. The number of non-ortho nitro benzene ring substituents is 2. The van der Waals surface area contributed by atoms with E-state index in [1.54, 1.807) is 41.2 Å². The maximum Gasteiger partial charge on any atom is 0.271 e. The minimum Gasteiger partial charge on any atom is -0.438 e. The molecule has 13 nitrogen and oxygen atoms in total. The number of rotatable bonds is 9. The van der Waals surface area contributed by atoms with Crippen molar-refractivity contribution in [1.82, 2.24) is 19.7 Å². The Hall–Kier alpha value is -6.37. The van der Waals surface area contributed by atoms with Crippen molar-refractivity contribution in [3.05, 3.63) is 129 Å². The topological polar surface area (TPSA) is 166 Å². The van der Waals surface area contributed by atoms with E-state index >= 15 is 0 Å². The van der Waals surface area contributed by atoms with Gasteiger partial charge in [0.2, 0.25) is 5.88 Å². The van der Waals surface area contributed by atoms with Gasteiger partial charge in [-0.1, -0.05) is 18.2 Å². The number of fused-ring (bicyclic) bond motifs is 1. The van der Waals surface area contributed by atoms with Crippen LogP contribution in [0.4, 0.5) is 17.1 Å². The highest BCUT2D eigenvalue weighted by molar-refractivity contribution is 5.85. The zero-order chi connectivity index (χ0) is 29.9. The number of benzene rings is 4. The first kappa shape index (κ1) is 26.8. The van der Waals surface area contributed by atoms with Crippen LogP contribution in [0.25, 0.3) is 28.1 Å². The SMILES string of the molecule is Cc1nn(-c2ccccc2)c(Oc2ccc(-c3nc4ccc([N+](=O)[O-])cc4[nH]3)cc2)c1/C=N/Nc1ccc([N+](=O)[O-])cc1. The lowest BCUT2D eigenvalue weighted by molar-refractivity contribution is -0.385. The van der Waals surface area contributed by atoms with Gasteiger partial charge in [-0.3, -0.25) is 25.7 Å². The molecule has 0 radical (unpaired) electrons. The number of hydrazone groups is 1.